The molecule has 0 atom stereocenters. The number of pyridine rings is 2. The molecular formula is C23H24N4O4. The summed E-state index contributed by atoms with van der Waals surface area (Å²) < 4.78 is 11.0. The van der Waals surface area contributed by atoms with Crippen LogP contribution in [0.2, 0.25) is 0 Å². The Labute approximate surface area is 179 Å². The van der Waals surface area contributed by atoms with E-state index in [1.807, 2.05) is 32.0 Å². The van der Waals surface area contributed by atoms with Crippen molar-refractivity contribution >= 4 is 28.3 Å². The Hall–Kier alpha value is -3.23. The lowest BCUT2D eigenvalue weighted by Gasteiger charge is -2.29. The number of ether oxygens (including phenoxy) is 2. The van der Waals surface area contributed by atoms with Gasteiger partial charge in [0.05, 0.1) is 37.7 Å². The maximum absolute atomic E-state index is 13.4. The van der Waals surface area contributed by atoms with Crippen LogP contribution in [0.3, 0.4) is 0 Å². The summed E-state index contributed by atoms with van der Waals surface area (Å²) in [5.74, 6) is 0.456. The van der Waals surface area contributed by atoms with E-state index in [1.165, 1.54) is 0 Å². The lowest BCUT2D eigenvalue weighted by molar-refractivity contribution is 0.102. The first kappa shape index (κ1) is 19.7. The van der Waals surface area contributed by atoms with Crippen molar-refractivity contribution in [1.82, 2.24) is 9.97 Å². The first-order valence-electron chi connectivity index (χ1n) is 10.4. The Morgan fingerprint density at radius 2 is 1.87 bits per heavy atom. The number of H-pyrrole nitrogens is 1. The Morgan fingerprint density at radius 1 is 1.06 bits per heavy atom. The van der Waals surface area contributed by atoms with Crippen LogP contribution in [-0.2, 0) is 22.7 Å². The molecule has 3 aromatic rings. The second-order valence-electron chi connectivity index (χ2n) is 8.04. The molecule has 0 saturated carbocycles. The Morgan fingerprint density at radius 3 is 2.68 bits per heavy atom. The number of nitrogens with zero attached hydrogens (tertiary/aromatic N) is 2. The number of aromatic amines is 1. The summed E-state index contributed by atoms with van der Waals surface area (Å²) in [4.78, 5) is 34.9. The molecule has 0 aliphatic carbocycles. The summed E-state index contributed by atoms with van der Waals surface area (Å²) in [5, 5.41) is 3.96. The molecule has 1 amide bonds. The Bertz CT molecular complexity index is 1240. The summed E-state index contributed by atoms with van der Waals surface area (Å²) >= 11 is 0. The number of rotatable bonds is 3. The molecule has 2 aliphatic heterocycles. The highest BCUT2D eigenvalue weighted by molar-refractivity contribution is 6.09. The molecule has 0 unspecified atom stereocenters. The van der Waals surface area contributed by atoms with Crippen LogP contribution >= 0.6 is 0 Å². The first-order chi connectivity index (χ1) is 15.0. The second kappa shape index (κ2) is 7.79. The van der Waals surface area contributed by atoms with E-state index in [9.17, 15) is 9.59 Å². The third-order valence-corrected chi connectivity index (χ3v) is 5.87. The largest absolute Gasteiger partial charge is 0.378 e. The average Bonchev–Trinajstić information content (AvgIpc) is 3.22. The van der Waals surface area contributed by atoms with Crippen molar-refractivity contribution in [2.24, 2.45) is 0 Å². The summed E-state index contributed by atoms with van der Waals surface area (Å²) in [6.07, 6.45) is 0. The maximum atomic E-state index is 13.4. The van der Waals surface area contributed by atoms with Crippen molar-refractivity contribution in [2.75, 3.05) is 36.5 Å². The van der Waals surface area contributed by atoms with Crippen LogP contribution in [0, 0.1) is 13.8 Å². The molecule has 1 aromatic carbocycles. The lowest BCUT2D eigenvalue weighted by atomic mass is 10.1. The van der Waals surface area contributed by atoms with Crippen molar-refractivity contribution in [3.63, 3.8) is 0 Å². The van der Waals surface area contributed by atoms with E-state index in [0.29, 0.717) is 56.6 Å². The first-order valence-corrected chi connectivity index (χ1v) is 10.4. The van der Waals surface area contributed by atoms with Crippen molar-refractivity contribution in [1.29, 1.82) is 0 Å². The number of nitrogens with one attached hydrogen (secondary N) is 2. The molecule has 0 spiro atoms. The van der Waals surface area contributed by atoms with E-state index in [1.54, 1.807) is 6.07 Å². The van der Waals surface area contributed by atoms with Gasteiger partial charge in [-0.05, 0) is 43.2 Å². The summed E-state index contributed by atoms with van der Waals surface area (Å²) in [6.45, 7) is 7.33. The zero-order chi connectivity index (χ0) is 21.5. The number of anilines is 2. The van der Waals surface area contributed by atoms with E-state index >= 15 is 0 Å². The minimum absolute atomic E-state index is 0.136. The summed E-state index contributed by atoms with van der Waals surface area (Å²) in [7, 11) is 0. The van der Waals surface area contributed by atoms with Gasteiger partial charge in [-0.2, -0.15) is 0 Å². The van der Waals surface area contributed by atoms with Crippen molar-refractivity contribution < 1.29 is 14.3 Å². The molecule has 5 rings (SSSR count). The molecule has 1 saturated heterocycles. The molecule has 160 valence electrons. The highest BCUT2D eigenvalue weighted by Crippen LogP contribution is 2.29. The highest BCUT2D eigenvalue weighted by atomic mass is 16.5. The van der Waals surface area contributed by atoms with Crippen molar-refractivity contribution in [2.45, 2.75) is 27.1 Å². The summed E-state index contributed by atoms with van der Waals surface area (Å²) in [5.41, 5.74) is 5.42. The van der Waals surface area contributed by atoms with Crippen molar-refractivity contribution in [3.8, 4) is 0 Å². The van der Waals surface area contributed by atoms with E-state index in [-0.39, 0.29) is 11.5 Å². The molecule has 2 aliphatic rings. The number of morpholine rings is 1. The lowest BCUT2D eigenvalue weighted by Crippen LogP contribution is -2.38. The molecule has 0 radical (unpaired) electrons. The quantitative estimate of drug-likeness (QED) is 0.676. The molecule has 2 N–H and O–H groups in total. The van der Waals surface area contributed by atoms with Gasteiger partial charge in [0.25, 0.3) is 5.91 Å². The van der Waals surface area contributed by atoms with Crippen LogP contribution in [0.15, 0.2) is 29.1 Å². The average molecular weight is 420 g/mol. The minimum atomic E-state index is -0.215. The van der Waals surface area contributed by atoms with Gasteiger partial charge in [-0.25, -0.2) is 4.98 Å². The van der Waals surface area contributed by atoms with Gasteiger partial charge in [0.2, 0.25) is 5.56 Å². The van der Waals surface area contributed by atoms with Gasteiger partial charge in [-0.3, -0.25) is 9.59 Å². The maximum Gasteiger partial charge on any atom is 0.259 e. The molecule has 1 fully saturated rings. The smallest absolute Gasteiger partial charge is 0.259 e. The topological polar surface area (TPSA) is 96.5 Å². The number of hydrogen-bond acceptors (Lipinski definition) is 6. The van der Waals surface area contributed by atoms with Crippen LogP contribution in [-0.4, -0.2) is 42.2 Å². The normalized spacial score (nSPS) is 15.9. The fourth-order valence-electron chi connectivity index (χ4n) is 4.18. The van der Waals surface area contributed by atoms with Crippen LogP contribution in [0.25, 0.3) is 10.9 Å². The zero-order valence-electron chi connectivity index (χ0n) is 17.6. The standard InChI is InChI=1S/C23H24N4O4/c1-13-8-21(28)24-19-7-14(2)18(10-16(13)19)26-23(29)17-9-15-11-31-12-20(15)25-22(17)27-3-5-30-6-4-27/h7-10H,3-6,11-12H2,1-2H3,(H,24,28)(H,26,29). The number of aryl methyl sites for hydroxylation is 2. The van der Waals surface area contributed by atoms with Gasteiger partial charge < -0.3 is 24.7 Å². The predicted octanol–water partition coefficient (Wildman–Crippen LogP) is 2.66. The van der Waals surface area contributed by atoms with E-state index < -0.39 is 0 Å². The van der Waals surface area contributed by atoms with Gasteiger partial charge in [0, 0.05) is 41.3 Å². The fourth-order valence-corrected chi connectivity index (χ4v) is 4.18. The van der Waals surface area contributed by atoms with E-state index in [4.69, 9.17) is 14.5 Å². The number of hydrogen-bond donors (Lipinski definition) is 2. The number of amides is 1. The number of fused-ring (bicyclic) bond motifs is 2. The van der Waals surface area contributed by atoms with Crippen molar-refractivity contribution in [3.05, 3.63) is 62.6 Å². The third-order valence-electron chi connectivity index (χ3n) is 5.87. The van der Waals surface area contributed by atoms with Gasteiger partial charge in [0.15, 0.2) is 0 Å². The number of aromatic nitrogens is 2. The van der Waals surface area contributed by atoms with Gasteiger partial charge in [-0.15, -0.1) is 0 Å². The predicted molar refractivity (Wildman–Crippen MR) is 118 cm³/mol. The Balaban J connectivity index is 1.53. The monoisotopic (exact) mass is 420 g/mol. The van der Waals surface area contributed by atoms with Crippen LogP contribution in [0.5, 0.6) is 0 Å². The molecule has 4 heterocycles. The molecule has 2 aromatic heterocycles. The van der Waals surface area contributed by atoms with Crippen LogP contribution < -0.4 is 15.8 Å². The van der Waals surface area contributed by atoms with Gasteiger partial charge >= 0.3 is 0 Å². The summed E-state index contributed by atoms with van der Waals surface area (Å²) in [6, 6.07) is 7.25. The van der Waals surface area contributed by atoms with Gasteiger partial charge in [-0.1, -0.05) is 0 Å². The number of benzene rings is 1. The molecule has 0 bridgehead atoms. The van der Waals surface area contributed by atoms with Crippen LogP contribution in [0.1, 0.15) is 32.7 Å². The fraction of sp³-hybridized carbons (Fsp3) is 0.348. The number of carbonyl (C=O) groups is 1. The molecule has 8 nitrogen and oxygen atoms in total. The molecular weight excluding hydrogens is 396 g/mol. The number of carbonyl (C=O) groups excluding carboxylic acids is 1. The SMILES string of the molecule is Cc1cc2[nH]c(=O)cc(C)c2cc1NC(=O)c1cc2c(nc1N1CCOCC1)COC2. The second-order valence-corrected chi connectivity index (χ2v) is 8.04. The molecule has 8 heteroatoms. The highest BCUT2D eigenvalue weighted by Gasteiger charge is 2.25. The minimum Gasteiger partial charge on any atom is -0.378 e. The third kappa shape index (κ3) is 3.68. The van der Waals surface area contributed by atoms with E-state index in [0.717, 1.165) is 33.3 Å². The molecule has 31 heavy (non-hydrogen) atoms. The van der Waals surface area contributed by atoms with Gasteiger partial charge in [0.1, 0.15) is 5.82 Å². The van der Waals surface area contributed by atoms with E-state index in [2.05, 4.69) is 15.2 Å². The Kier molecular flexibility index (Phi) is 4.95. The van der Waals surface area contributed by atoms with Crippen LogP contribution in [0.4, 0.5) is 11.5 Å². The zero-order valence-corrected chi connectivity index (χ0v) is 17.6.